The average Bonchev–Trinajstić information content (AvgIpc) is 2.94. The molecule has 0 bridgehead atoms. The van der Waals surface area contributed by atoms with Gasteiger partial charge in [-0.05, 0) is 24.3 Å². The third kappa shape index (κ3) is 2.53. The molecular formula is C16H11ClN2O2. The van der Waals surface area contributed by atoms with Crippen LogP contribution in [0.4, 0.5) is 0 Å². The maximum atomic E-state index is 11.2. The SMILES string of the molecule is O=C(O)c1cn(-c2ccccc2)c(-c2ccccc2Cl)n1. The molecule has 104 valence electrons. The molecule has 0 radical (unpaired) electrons. The fraction of sp³-hybridized carbons (Fsp3) is 0. The average molecular weight is 299 g/mol. The molecule has 0 aliphatic rings. The monoisotopic (exact) mass is 298 g/mol. The molecular weight excluding hydrogens is 288 g/mol. The van der Waals surface area contributed by atoms with Crippen LogP contribution < -0.4 is 0 Å². The van der Waals surface area contributed by atoms with E-state index >= 15 is 0 Å². The molecule has 1 heterocycles. The molecule has 1 aromatic heterocycles. The molecule has 0 aliphatic carbocycles. The topological polar surface area (TPSA) is 55.1 Å². The Kier molecular flexibility index (Phi) is 3.46. The molecule has 4 nitrogen and oxygen atoms in total. The Morgan fingerprint density at radius 2 is 1.71 bits per heavy atom. The van der Waals surface area contributed by atoms with E-state index in [9.17, 15) is 9.90 Å². The van der Waals surface area contributed by atoms with Gasteiger partial charge in [-0.15, -0.1) is 0 Å². The van der Waals surface area contributed by atoms with E-state index in [-0.39, 0.29) is 5.69 Å². The lowest BCUT2D eigenvalue weighted by Gasteiger charge is -2.08. The Morgan fingerprint density at radius 3 is 2.38 bits per heavy atom. The van der Waals surface area contributed by atoms with Gasteiger partial charge in [-0.3, -0.25) is 4.57 Å². The van der Waals surface area contributed by atoms with E-state index in [1.807, 2.05) is 48.5 Å². The van der Waals surface area contributed by atoms with Crippen molar-refractivity contribution in [3.63, 3.8) is 0 Å². The van der Waals surface area contributed by atoms with Crippen molar-refractivity contribution in [3.05, 3.63) is 71.5 Å². The van der Waals surface area contributed by atoms with E-state index < -0.39 is 5.97 Å². The van der Waals surface area contributed by atoms with E-state index in [0.29, 0.717) is 16.4 Å². The van der Waals surface area contributed by atoms with Gasteiger partial charge < -0.3 is 5.11 Å². The summed E-state index contributed by atoms with van der Waals surface area (Å²) in [5, 5.41) is 9.70. The number of hydrogen-bond acceptors (Lipinski definition) is 2. The lowest BCUT2D eigenvalue weighted by atomic mass is 10.2. The van der Waals surface area contributed by atoms with Gasteiger partial charge in [0.05, 0.1) is 5.02 Å². The van der Waals surface area contributed by atoms with E-state index in [4.69, 9.17) is 11.6 Å². The third-order valence-corrected chi connectivity index (χ3v) is 3.40. The van der Waals surface area contributed by atoms with E-state index in [2.05, 4.69) is 4.98 Å². The molecule has 1 N–H and O–H groups in total. The number of carboxylic acid groups (broad SMARTS) is 1. The van der Waals surface area contributed by atoms with Crippen molar-refractivity contribution in [2.75, 3.05) is 0 Å². The summed E-state index contributed by atoms with van der Waals surface area (Å²) in [5.74, 6) is -0.567. The molecule has 0 spiro atoms. The molecule has 5 heteroatoms. The highest BCUT2D eigenvalue weighted by molar-refractivity contribution is 6.33. The number of nitrogens with zero attached hydrogens (tertiary/aromatic N) is 2. The van der Waals surface area contributed by atoms with Crippen LogP contribution in [0.2, 0.25) is 5.02 Å². The largest absolute Gasteiger partial charge is 0.476 e. The zero-order valence-electron chi connectivity index (χ0n) is 10.9. The predicted octanol–water partition coefficient (Wildman–Crippen LogP) is 3.89. The predicted molar refractivity (Wildman–Crippen MR) is 81.0 cm³/mol. The van der Waals surface area contributed by atoms with Crippen LogP contribution in [-0.2, 0) is 0 Å². The number of aromatic carboxylic acids is 1. The van der Waals surface area contributed by atoms with Crippen LogP contribution in [0.1, 0.15) is 10.5 Å². The summed E-state index contributed by atoms with van der Waals surface area (Å²) in [6.07, 6.45) is 1.50. The summed E-state index contributed by atoms with van der Waals surface area (Å²) >= 11 is 6.21. The highest BCUT2D eigenvalue weighted by Gasteiger charge is 2.17. The van der Waals surface area contributed by atoms with Crippen molar-refractivity contribution in [1.29, 1.82) is 0 Å². The maximum Gasteiger partial charge on any atom is 0.356 e. The van der Waals surface area contributed by atoms with Crippen LogP contribution in [0, 0.1) is 0 Å². The van der Waals surface area contributed by atoms with Crippen LogP contribution in [0.25, 0.3) is 17.1 Å². The minimum Gasteiger partial charge on any atom is -0.476 e. The van der Waals surface area contributed by atoms with Gasteiger partial charge >= 0.3 is 5.97 Å². The van der Waals surface area contributed by atoms with Crippen LogP contribution in [0.15, 0.2) is 60.8 Å². The quantitative estimate of drug-likeness (QED) is 0.798. The second kappa shape index (κ2) is 5.42. The zero-order chi connectivity index (χ0) is 14.8. The minimum atomic E-state index is -1.07. The summed E-state index contributed by atoms with van der Waals surface area (Å²) in [4.78, 5) is 15.4. The van der Waals surface area contributed by atoms with Gasteiger partial charge in [-0.1, -0.05) is 41.9 Å². The van der Waals surface area contributed by atoms with Crippen molar-refractivity contribution in [1.82, 2.24) is 9.55 Å². The van der Waals surface area contributed by atoms with Gasteiger partial charge in [-0.2, -0.15) is 0 Å². The smallest absolute Gasteiger partial charge is 0.356 e. The Labute approximate surface area is 126 Å². The fourth-order valence-corrected chi connectivity index (χ4v) is 2.32. The van der Waals surface area contributed by atoms with E-state index in [1.165, 1.54) is 6.20 Å². The van der Waals surface area contributed by atoms with Gasteiger partial charge in [0.2, 0.25) is 0 Å². The molecule has 0 saturated carbocycles. The number of hydrogen-bond donors (Lipinski definition) is 1. The molecule has 0 aliphatic heterocycles. The first kappa shape index (κ1) is 13.4. The molecule has 0 unspecified atom stereocenters. The van der Waals surface area contributed by atoms with Gasteiger partial charge in [0.25, 0.3) is 0 Å². The third-order valence-electron chi connectivity index (χ3n) is 3.07. The second-order valence-electron chi connectivity index (χ2n) is 4.44. The normalized spacial score (nSPS) is 10.5. The Hall–Kier alpha value is -2.59. The number of rotatable bonds is 3. The summed E-state index contributed by atoms with van der Waals surface area (Å²) in [6.45, 7) is 0. The summed E-state index contributed by atoms with van der Waals surface area (Å²) in [6, 6.07) is 16.6. The Bertz CT molecular complexity index is 797. The molecule has 0 atom stereocenters. The lowest BCUT2D eigenvalue weighted by Crippen LogP contribution is -1.96. The first-order chi connectivity index (χ1) is 10.2. The van der Waals surface area contributed by atoms with Crippen LogP contribution in [-0.4, -0.2) is 20.6 Å². The molecule has 2 aromatic carbocycles. The standard InChI is InChI=1S/C16H11ClN2O2/c17-13-9-5-4-8-12(13)15-18-14(16(20)21)10-19(15)11-6-2-1-3-7-11/h1-10H,(H,20,21). The first-order valence-electron chi connectivity index (χ1n) is 6.30. The number of para-hydroxylation sites is 1. The minimum absolute atomic E-state index is 0.0197. The van der Waals surface area contributed by atoms with Crippen molar-refractivity contribution in [2.24, 2.45) is 0 Å². The molecule has 0 fully saturated rings. The number of aromatic nitrogens is 2. The van der Waals surface area contributed by atoms with Crippen LogP contribution in [0.3, 0.4) is 0 Å². The summed E-state index contributed by atoms with van der Waals surface area (Å²) in [5.41, 5.74) is 1.50. The van der Waals surface area contributed by atoms with Crippen molar-refractivity contribution in [2.45, 2.75) is 0 Å². The molecule has 0 saturated heterocycles. The molecule has 0 amide bonds. The molecule has 21 heavy (non-hydrogen) atoms. The van der Waals surface area contributed by atoms with Crippen molar-refractivity contribution >= 4 is 17.6 Å². The number of carbonyl (C=O) groups is 1. The highest BCUT2D eigenvalue weighted by Crippen LogP contribution is 2.29. The number of carboxylic acids is 1. The number of halogens is 1. The van der Waals surface area contributed by atoms with Crippen LogP contribution in [0.5, 0.6) is 0 Å². The number of benzene rings is 2. The fourth-order valence-electron chi connectivity index (χ4n) is 2.10. The van der Waals surface area contributed by atoms with Gasteiger partial charge in [0, 0.05) is 17.4 Å². The maximum absolute atomic E-state index is 11.2. The second-order valence-corrected chi connectivity index (χ2v) is 4.85. The Morgan fingerprint density at radius 1 is 1.05 bits per heavy atom. The van der Waals surface area contributed by atoms with Crippen molar-refractivity contribution in [3.8, 4) is 17.1 Å². The van der Waals surface area contributed by atoms with E-state index in [1.54, 1.807) is 10.6 Å². The van der Waals surface area contributed by atoms with Crippen molar-refractivity contribution < 1.29 is 9.90 Å². The van der Waals surface area contributed by atoms with Gasteiger partial charge in [0.1, 0.15) is 5.82 Å². The lowest BCUT2D eigenvalue weighted by molar-refractivity contribution is 0.0691. The van der Waals surface area contributed by atoms with Gasteiger partial charge in [0.15, 0.2) is 5.69 Å². The van der Waals surface area contributed by atoms with Gasteiger partial charge in [-0.25, -0.2) is 9.78 Å². The summed E-state index contributed by atoms with van der Waals surface area (Å²) in [7, 11) is 0. The first-order valence-corrected chi connectivity index (χ1v) is 6.67. The zero-order valence-corrected chi connectivity index (χ0v) is 11.7. The summed E-state index contributed by atoms with van der Waals surface area (Å²) < 4.78 is 1.73. The molecule has 3 rings (SSSR count). The number of imidazole rings is 1. The highest BCUT2D eigenvalue weighted by atomic mass is 35.5. The molecule has 3 aromatic rings. The van der Waals surface area contributed by atoms with E-state index in [0.717, 1.165) is 5.69 Å². The van der Waals surface area contributed by atoms with Crippen LogP contribution >= 0.6 is 11.6 Å². The Balaban J connectivity index is 2.24.